The molecule has 0 bridgehead atoms. The zero-order valence-corrected chi connectivity index (χ0v) is 13.4. The number of nitrogens with zero attached hydrogens (tertiary/aromatic N) is 1. The van der Waals surface area contributed by atoms with Crippen LogP contribution in [0.5, 0.6) is 17.2 Å². The maximum atomic E-state index is 13.9. The van der Waals surface area contributed by atoms with Crippen molar-refractivity contribution in [1.29, 1.82) is 0 Å². The molecule has 2 aromatic rings. The predicted octanol–water partition coefficient (Wildman–Crippen LogP) is 2.95. The number of nitro benzene ring substituents is 1. The van der Waals surface area contributed by atoms with E-state index in [0.29, 0.717) is 6.07 Å². The second-order valence-electron chi connectivity index (χ2n) is 4.97. The predicted molar refractivity (Wildman–Crippen MR) is 87.0 cm³/mol. The molecule has 136 valence electrons. The summed E-state index contributed by atoms with van der Waals surface area (Å²) >= 11 is 0. The first-order chi connectivity index (χ1) is 12.3. The normalized spacial score (nSPS) is 10.1. The number of hydrogen-bond acceptors (Lipinski definition) is 6. The van der Waals surface area contributed by atoms with Crippen LogP contribution < -0.4 is 14.8 Å². The number of benzene rings is 2. The summed E-state index contributed by atoms with van der Waals surface area (Å²) < 4.78 is 24.4. The highest BCUT2D eigenvalue weighted by Crippen LogP contribution is 2.38. The average Bonchev–Trinajstić information content (AvgIpc) is 2.56. The van der Waals surface area contributed by atoms with Crippen molar-refractivity contribution in [3.05, 3.63) is 52.3 Å². The summed E-state index contributed by atoms with van der Waals surface area (Å²) in [7, 11) is 0. The number of carbonyl (C=O) groups is 2. The third-order valence-electron chi connectivity index (χ3n) is 2.98. The molecule has 0 unspecified atom stereocenters. The number of nitro groups is 1. The van der Waals surface area contributed by atoms with E-state index < -0.39 is 34.9 Å². The van der Waals surface area contributed by atoms with E-state index in [1.165, 1.54) is 18.2 Å². The van der Waals surface area contributed by atoms with Gasteiger partial charge in [-0.1, -0.05) is 12.1 Å². The minimum absolute atomic E-state index is 0.0165. The molecule has 10 heteroatoms. The van der Waals surface area contributed by atoms with Gasteiger partial charge in [0.1, 0.15) is 0 Å². The lowest BCUT2D eigenvalue weighted by atomic mass is 10.2. The largest absolute Gasteiger partial charge is 0.479 e. The molecule has 0 spiro atoms. The fraction of sp³-hybridized carbons (Fsp3) is 0.125. The van der Waals surface area contributed by atoms with Gasteiger partial charge in [-0.15, -0.1) is 0 Å². The van der Waals surface area contributed by atoms with Gasteiger partial charge in [-0.2, -0.15) is 0 Å². The van der Waals surface area contributed by atoms with E-state index in [4.69, 9.17) is 14.6 Å². The van der Waals surface area contributed by atoms with Gasteiger partial charge >= 0.3 is 11.7 Å². The van der Waals surface area contributed by atoms with E-state index >= 15 is 0 Å². The first-order valence-corrected chi connectivity index (χ1v) is 7.15. The third-order valence-corrected chi connectivity index (χ3v) is 2.98. The van der Waals surface area contributed by atoms with Crippen molar-refractivity contribution in [3.8, 4) is 17.2 Å². The van der Waals surface area contributed by atoms with E-state index in [0.717, 1.165) is 13.0 Å². The van der Waals surface area contributed by atoms with Crippen LogP contribution in [0.1, 0.15) is 6.92 Å². The third kappa shape index (κ3) is 4.66. The second kappa shape index (κ2) is 7.92. The average molecular weight is 364 g/mol. The highest BCUT2D eigenvalue weighted by Gasteiger charge is 2.22. The van der Waals surface area contributed by atoms with Crippen LogP contribution in [-0.2, 0) is 9.59 Å². The molecule has 1 amide bonds. The Labute approximate surface area is 146 Å². The number of para-hydroxylation sites is 2. The lowest BCUT2D eigenvalue weighted by Crippen LogP contribution is -2.10. The zero-order chi connectivity index (χ0) is 19.3. The summed E-state index contributed by atoms with van der Waals surface area (Å²) in [6, 6.07) is 7.45. The van der Waals surface area contributed by atoms with Crippen molar-refractivity contribution in [2.45, 2.75) is 6.92 Å². The van der Waals surface area contributed by atoms with E-state index in [-0.39, 0.29) is 22.9 Å². The summed E-state index contributed by atoms with van der Waals surface area (Å²) in [5, 5.41) is 22.0. The topological polar surface area (TPSA) is 128 Å². The highest BCUT2D eigenvalue weighted by atomic mass is 19.1. The Morgan fingerprint density at radius 2 is 1.88 bits per heavy atom. The number of carboxylic acids is 1. The van der Waals surface area contributed by atoms with Crippen molar-refractivity contribution in [2.75, 3.05) is 11.9 Å². The van der Waals surface area contributed by atoms with Crippen molar-refractivity contribution in [3.63, 3.8) is 0 Å². The van der Waals surface area contributed by atoms with Crippen LogP contribution in [0.25, 0.3) is 0 Å². The standard InChI is InChI=1S/C16H13FN2O7/c1-9(20)18-11-7-15(12(19(23)24)6-10(11)17)26-14-5-3-2-4-13(14)25-8-16(21)22/h2-7H,8H2,1H3,(H,18,20)(H,21,22). The minimum atomic E-state index is -1.22. The van der Waals surface area contributed by atoms with Crippen LogP contribution in [0.15, 0.2) is 36.4 Å². The van der Waals surface area contributed by atoms with Gasteiger partial charge in [-0.25, -0.2) is 9.18 Å². The molecule has 26 heavy (non-hydrogen) atoms. The molecule has 0 atom stereocenters. The first-order valence-electron chi connectivity index (χ1n) is 7.15. The molecule has 2 rings (SSSR count). The Bertz CT molecular complexity index is 870. The maximum absolute atomic E-state index is 13.9. The highest BCUT2D eigenvalue weighted by molar-refractivity contribution is 5.89. The molecule has 0 heterocycles. The Hall–Kier alpha value is -3.69. The van der Waals surface area contributed by atoms with Crippen LogP contribution in [-0.4, -0.2) is 28.5 Å². The summed E-state index contributed by atoms with van der Waals surface area (Å²) in [6.07, 6.45) is 0. The van der Waals surface area contributed by atoms with Crippen LogP contribution in [0.4, 0.5) is 15.8 Å². The number of nitrogens with one attached hydrogen (secondary N) is 1. The van der Waals surface area contributed by atoms with Gasteiger partial charge in [-0.3, -0.25) is 14.9 Å². The summed E-state index contributed by atoms with van der Waals surface area (Å²) in [5.41, 5.74) is -0.980. The quantitative estimate of drug-likeness (QED) is 0.571. The van der Waals surface area contributed by atoms with E-state index in [1.54, 1.807) is 6.07 Å². The molecular formula is C16H13FN2O7. The number of halogens is 1. The first kappa shape index (κ1) is 18.6. The lowest BCUT2D eigenvalue weighted by molar-refractivity contribution is -0.385. The van der Waals surface area contributed by atoms with Crippen LogP contribution in [0.2, 0.25) is 0 Å². The van der Waals surface area contributed by atoms with Gasteiger partial charge in [0.15, 0.2) is 23.9 Å². The molecule has 0 saturated carbocycles. The summed E-state index contributed by atoms with van der Waals surface area (Å²) in [6.45, 7) is 0.499. The van der Waals surface area contributed by atoms with Crippen LogP contribution in [0, 0.1) is 15.9 Å². The van der Waals surface area contributed by atoms with Gasteiger partial charge in [-0.05, 0) is 12.1 Å². The SMILES string of the molecule is CC(=O)Nc1cc(Oc2ccccc2OCC(=O)O)c([N+](=O)[O-])cc1F. The van der Waals surface area contributed by atoms with E-state index in [2.05, 4.69) is 5.32 Å². The Balaban J connectivity index is 2.43. The number of amides is 1. The number of carbonyl (C=O) groups excluding carboxylic acids is 1. The number of hydrogen-bond donors (Lipinski definition) is 2. The van der Waals surface area contributed by atoms with Gasteiger partial charge in [0.25, 0.3) is 0 Å². The lowest BCUT2D eigenvalue weighted by Gasteiger charge is -2.13. The molecule has 0 saturated heterocycles. The number of ether oxygens (including phenoxy) is 2. The van der Waals surface area contributed by atoms with Crippen molar-refractivity contribution < 1.29 is 33.5 Å². The van der Waals surface area contributed by atoms with Crippen molar-refractivity contribution >= 4 is 23.3 Å². The molecule has 0 aliphatic rings. The van der Waals surface area contributed by atoms with Crippen molar-refractivity contribution in [1.82, 2.24) is 0 Å². The molecule has 0 aromatic heterocycles. The summed E-state index contributed by atoms with van der Waals surface area (Å²) in [4.78, 5) is 32.1. The minimum Gasteiger partial charge on any atom is -0.479 e. The number of aliphatic carboxylic acids is 1. The molecular weight excluding hydrogens is 351 g/mol. The number of carboxylic acid groups (broad SMARTS) is 1. The molecule has 0 aliphatic heterocycles. The van der Waals surface area contributed by atoms with Crippen LogP contribution in [0.3, 0.4) is 0 Å². The monoisotopic (exact) mass is 364 g/mol. The molecule has 0 aliphatic carbocycles. The number of anilines is 1. The van der Waals surface area contributed by atoms with E-state index in [1.807, 2.05) is 0 Å². The molecule has 9 nitrogen and oxygen atoms in total. The fourth-order valence-corrected chi connectivity index (χ4v) is 1.96. The summed E-state index contributed by atoms with van der Waals surface area (Å²) in [5.74, 6) is -3.15. The Morgan fingerprint density at radius 3 is 2.46 bits per heavy atom. The van der Waals surface area contributed by atoms with Gasteiger partial charge in [0.2, 0.25) is 11.7 Å². The maximum Gasteiger partial charge on any atom is 0.341 e. The van der Waals surface area contributed by atoms with Gasteiger partial charge in [0, 0.05) is 13.0 Å². The second-order valence-corrected chi connectivity index (χ2v) is 4.97. The Kier molecular flexibility index (Phi) is 5.68. The van der Waals surface area contributed by atoms with Gasteiger partial charge in [0.05, 0.1) is 16.7 Å². The number of rotatable bonds is 7. The van der Waals surface area contributed by atoms with E-state index in [9.17, 15) is 24.1 Å². The molecule has 0 radical (unpaired) electrons. The van der Waals surface area contributed by atoms with Crippen molar-refractivity contribution in [2.24, 2.45) is 0 Å². The molecule has 0 fully saturated rings. The van der Waals surface area contributed by atoms with Crippen LogP contribution >= 0.6 is 0 Å². The molecule has 2 aromatic carbocycles. The zero-order valence-electron chi connectivity index (χ0n) is 13.4. The molecule has 2 N–H and O–H groups in total. The Morgan fingerprint density at radius 1 is 1.23 bits per heavy atom. The smallest absolute Gasteiger partial charge is 0.341 e. The fourth-order valence-electron chi connectivity index (χ4n) is 1.96. The van der Waals surface area contributed by atoms with Gasteiger partial charge < -0.3 is 19.9 Å².